The second-order valence-electron chi connectivity index (χ2n) is 9.26. The Labute approximate surface area is 228 Å². The zero-order valence-corrected chi connectivity index (χ0v) is 22.5. The Hall–Kier alpha value is -4.17. The molecule has 0 aliphatic carbocycles. The van der Waals surface area contributed by atoms with Crippen molar-refractivity contribution >= 4 is 34.6 Å². The Morgan fingerprint density at radius 1 is 1.05 bits per heavy atom. The minimum Gasteiger partial charge on any atom is -0.484 e. The summed E-state index contributed by atoms with van der Waals surface area (Å²) in [5.41, 5.74) is 6.21. The number of aromatic nitrogens is 2. The van der Waals surface area contributed by atoms with Gasteiger partial charge in [-0.05, 0) is 93.1 Å². The Bertz CT molecular complexity index is 1420. The largest absolute Gasteiger partial charge is 0.484 e. The monoisotopic (exact) mass is 525 g/mol. The van der Waals surface area contributed by atoms with Crippen LogP contribution in [-0.2, 0) is 11.3 Å². The third kappa shape index (κ3) is 5.13. The number of aryl methyl sites for hydroxylation is 1. The number of anilines is 2. The van der Waals surface area contributed by atoms with Crippen LogP contribution < -0.4 is 20.3 Å². The molecule has 1 aliphatic rings. The number of para-hydroxylation sites is 1. The first-order valence-electron chi connectivity index (χ1n) is 12.7. The number of carbonyl (C=O) groups excluding carboxylic acids is 1. The van der Waals surface area contributed by atoms with Gasteiger partial charge in [-0.2, -0.15) is 0 Å². The number of hydrogen-bond acceptors (Lipinski definition) is 4. The smallest absolute Gasteiger partial charge is 0.262 e. The number of amides is 1. The van der Waals surface area contributed by atoms with E-state index >= 15 is 0 Å². The van der Waals surface area contributed by atoms with Crippen molar-refractivity contribution in [2.75, 3.05) is 16.8 Å². The summed E-state index contributed by atoms with van der Waals surface area (Å²) in [5.74, 6) is 0.434. The topological polar surface area (TPSA) is 71.4 Å². The maximum Gasteiger partial charge on any atom is 0.262 e. The first-order chi connectivity index (χ1) is 18.5. The van der Waals surface area contributed by atoms with E-state index in [0.717, 1.165) is 17.9 Å². The molecule has 3 heterocycles. The highest BCUT2D eigenvalue weighted by molar-refractivity contribution is 7.80. The van der Waals surface area contributed by atoms with Gasteiger partial charge in [0.15, 0.2) is 11.7 Å². The molecule has 7 nitrogen and oxygen atoms in total. The van der Waals surface area contributed by atoms with Crippen LogP contribution in [0.2, 0.25) is 0 Å². The summed E-state index contributed by atoms with van der Waals surface area (Å²) in [6, 6.07) is 25.0. The highest BCUT2D eigenvalue weighted by Gasteiger charge is 2.42. The standard InChI is InChI=1S/C30H31N5O2S/c1-4-34-20(2)18-25(21(34)3)29-28(26-12-8-9-17-31-26)33-30(38)35(29)23-15-13-22(14-16-23)32-27(36)19-37-24-10-6-5-7-11-24/h5-18,28-29H,4,19H2,1-3H3,(H,32,36)(H,33,38). The number of thiocarbonyl (C=S) groups is 1. The van der Waals surface area contributed by atoms with E-state index in [2.05, 4.69) is 51.9 Å². The molecule has 2 N–H and O–H groups in total. The van der Waals surface area contributed by atoms with Gasteiger partial charge in [-0.3, -0.25) is 9.78 Å². The first-order valence-corrected chi connectivity index (χ1v) is 13.1. The van der Waals surface area contributed by atoms with Gasteiger partial charge in [0, 0.05) is 35.5 Å². The van der Waals surface area contributed by atoms with Gasteiger partial charge in [0.05, 0.1) is 17.8 Å². The van der Waals surface area contributed by atoms with Crippen LogP contribution in [0.5, 0.6) is 5.75 Å². The van der Waals surface area contributed by atoms with Gasteiger partial charge < -0.3 is 24.8 Å². The average molecular weight is 526 g/mol. The summed E-state index contributed by atoms with van der Waals surface area (Å²) in [4.78, 5) is 19.2. The molecule has 0 saturated carbocycles. The van der Waals surface area contributed by atoms with Crippen LogP contribution >= 0.6 is 12.2 Å². The Balaban J connectivity index is 1.40. The van der Waals surface area contributed by atoms with E-state index in [1.807, 2.05) is 79.0 Å². The summed E-state index contributed by atoms with van der Waals surface area (Å²) in [6.45, 7) is 7.30. The Morgan fingerprint density at radius 3 is 2.45 bits per heavy atom. The van der Waals surface area contributed by atoms with Gasteiger partial charge >= 0.3 is 0 Å². The van der Waals surface area contributed by atoms with Gasteiger partial charge in [0.25, 0.3) is 5.91 Å². The zero-order valence-electron chi connectivity index (χ0n) is 21.7. The minimum absolute atomic E-state index is 0.0627. The highest BCUT2D eigenvalue weighted by atomic mass is 32.1. The molecular weight excluding hydrogens is 494 g/mol. The molecule has 2 unspecified atom stereocenters. The number of nitrogens with zero attached hydrogens (tertiary/aromatic N) is 3. The van der Waals surface area contributed by atoms with Gasteiger partial charge in [-0.1, -0.05) is 24.3 Å². The minimum atomic E-state index is -0.222. The summed E-state index contributed by atoms with van der Waals surface area (Å²) in [5, 5.41) is 7.06. The van der Waals surface area contributed by atoms with Crippen molar-refractivity contribution in [3.05, 3.63) is 108 Å². The molecule has 1 amide bonds. The first kappa shape index (κ1) is 25.5. The number of pyridine rings is 1. The lowest BCUT2D eigenvalue weighted by molar-refractivity contribution is -0.118. The van der Waals surface area contributed by atoms with Gasteiger partial charge in [0.1, 0.15) is 5.75 Å². The normalized spacial score (nSPS) is 16.8. The molecule has 2 aromatic carbocycles. The second-order valence-corrected chi connectivity index (χ2v) is 9.65. The molecule has 2 atom stereocenters. The van der Waals surface area contributed by atoms with E-state index < -0.39 is 0 Å². The molecular formula is C30H31N5O2S. The Kier molecular flexibility index (Phi) is 7.42. The predicted molar refractivity (Wildman–Crippen MR) is 155 cm³/mol. The van der Waals surface area contributed by atoms with Crippen molar-refractivity contribution in [1.29, 1.82) is 0 Å². The van der Waals surface area contributed by atoms with Crippen LogP contribution in [0.1, 0.15) is 41.7 Å². The molecule has 8 heteroatoms. The third-order valence-electron chi connectivity index (χ3n) is 6.89. The Morgan fingerprint density at radius 2 is 1.79 bits per heavy atom. The van der Waals surface area contributed by atoms with Crippen molar-refractivity contribution in [3.8, 4) is 5.75 Å². The highest BCUT2D eigenvalue weighted by Crippen LogP contribution is 2.43. The molecule has 0 spiro atoms. The summed E-state index contributed by atoms with van der Waals surface area (Å²) >= 11 is 5.87. The number of nitrogens with one attached hydrogen (secondary N) is 2. The maximum absolute atomic E-state index is 12.4. The number of ether oxygens (including phenoxy) is 1. The van der Waals surface area contributed by atoms with E-state index in [9.17, 15) is 4.79 Å². The summed E-state index contributed by atoms with van der Waals surface area (Å²) in [6.07, 6.45) is 1.81. The van der Waals surface area contributed by atoms with Crippen molar-refractivity contribution in [2.45, 2.75) is 39.4 Å². The fourth-order valence-electron chi connectivity index (χ4n) is 5.13. The number of hydrogen-bond donors (Lipinski definition) is 2. The number of carbonyl (C=O) groups is 1. The summed E-state index contributed by atoms with van der Waals surface area (Å²) < 4.78 is 7.87. The van der Waals surface area contributed by atoms with Crippen molar-refractivity contribution in [3.63, 3.8) is 0 Å². The van der Waals surface area contributed by atoms with Crippen LogP contribution in [0.3, 0.4) is 0 Å². The number of benzene rings is 2. The fraction of sp³-hybridized carbons (Fsp3) is 0.233. The fourth-order valence-corrected chi connectivity index (χ4v) is 5.48. The van der Waals surface area contributed by atoms with Gasteiger partial charge in [-0.15, -0.1) is 0 Å². The van der Waals surface area contributed by atoms with Crippen molar-refractivity contribution in [2.24, 2.45) is 0 Å². The second kappa shape index (κ2) is 11.1. The molecule has 0 bridgehead atoms. The molecule has 1 saturated heterocycles. The maximum atomic E-state index is 12.4. The van der Waals surface area contributed by atoms with Crippen LogP contribution in [0.4, 0.5) is 11.4 Å². The molecule has 2 aromatic heterocycles. The van der Waals surface area contributed by atoms with E-state index in [1.54, 1.807) is 0 Å². The molecule has 4 aromatic rings. The molecule has 194 valence electrons. The van der Waals surface area contributed by atoms with Crippen molar-refractivity contribution in [1.82, 2.24) is 14.9 Å². The van der Waals surface area contributed by atoms with Gasteiger partial charge in [-0.25, -0.2) is 0 Å². The lowest BCUT2D eigenvalue weighted by atomic mass is 9.96. The van der Waals surface area contributed by atoms with Crippen LogP contribution in [-0.4, -0.2) is 27.2 Å². The molecule has 5 rings (SSSR count). The van der Waals surface area contributed by atoms with E-state index in [-0.39, 0.29) is 24.6 Å². The molecule has 1 aliphatic heterocycles. The van der Waals surface area contributed by atoms with E-state index in [0.29, 0.717) is 16.5 Å². The zero-order chi connectivity index (χ0) is 26.6. The molecule has 1 fully saturated rings. The SMILES string of the molecule is CCn1c(C)cc(C2C(c3ccccn3)NC(=S)N2c2ccc(NC(=O)COc3ccccc3)cc2)c1C. The average Bonchev–Trinajstić information content (AvgIpc) is 3.43. The molecule has 0 radical (unpaired) electrons. The van der Waals surface area contributed by atoms with E-state index in [4.69, 9.17) is 17.0 Å². The lowest BCUT2D eigenvalue weighted by Crippen LogP contribution is -2.29. The predicted octanol–water partition coefficient (Wildman–Crippen LogP) is 5.71. The van der Waals surface area contributed by atoms with Gasteiger partial charge in [0.2, 0.25) is 0 Å². The third-order valence-corrected chi connectivity index (χ3v) is 7.20. The van der Waals surface area contributed by atoms with E-state index in [1.165, 1.54) is 17.0 Å². The van der Waals surface area contributed by atoms with Crippen LogP contribution in [0, 0.1) is 13.8 Å². The lowest BCUT2D eigenvalue weighted by Gasteiger charge is -2.28. The number of rotatable bonds is 8. The van der Waals surface area contributed by atoms with Crippen LogP contribution in [0.25, 0.3) is 0 Å². The van der Waals surface area contributed by atoms with Crippen LogP contribution in [0.15, 0.2) is 85.1 Å². The summed E-state index contributed by atoms with van der Waals surface area (Å²) in [7, 11) is 0. The molecule has 38 heavy (non-hydrogen) atoms. The van der Waals surface area contributed by atoms with Crippen molar-refractivity contribution < 1.29 is 9.53 Å². The quantitative estimate of drug-likeness (QED) is 0.287.